The van der Waals surface area contributed by atoms with E-state index in [9.17, 15) is 9.59 Å². The Labute approximate surface area is 154 Å². The first-order valence-electron chi connectivity index (χ1n) is 8.15. The molecule has 0 aliphatic carbocycles. The van der Waals surface area contributed by atoms with Gasteiger partial charge in [0.15, 0.2) is 11.5 Å². The summed E-state index contributed by atoms with van der Waals surface area (Å²) in [6.45, 7) is 0.866. The molecule has 0 amide bonds. The van der Waals surface area contributed by atoms with E-state index < -0.39 is 18.0 Å². The van der Waals surface area contributed by atoms with E-state index in [0.29, 0.717) is 47.3 Å². The Bertz CT molecular complexity index is 878. The number of fused-ring (bicyclic) bond motifs is 2. The Morgan fingerprint density at radius 3 is 2.88 bits per heavy atom. The fourth-order valence-electron chi connectivity index (χ4n) is 2.96. The zero-order chi connectivity index (χ0) is 18.1. The molecule has 0 N–H and O–H groups in total. The Balaban J connectivity index is 1.43. The summed E-state index contributed by atoms with van der Waals surface area (Å²) in [5.74, 6) is -0.103. The van der Waals surface area contributed by atoms with Gasteiger partial charge in [-0.1, -0.05) is 29.8 Å². The van der Waals surface area contributed by atoms with Crippen LogP contribution in [0.4, 0.5) is 0 Å². The molecule has 0 bridgehead atoms. The van der Waals surface area contributed by atoms with Crippen LogP contribution in [0, 0.1) is 0 Å². The molecule has 4 rings (SSSR count). The largest absolute Gasteiger partial charge is 0.486 e. The number of cyclic esters (lactones) is 1. The quantitative estimate of drug-likeness (QED) is 0.769. The standard InChI is InChI=1S/C19H15ClO6/c20-14-7-11(8-15-17(14)24-6-5-23-15)10-25-19(22)16-9-12-3-1-2-4-13(12)18(21)26-16/h1-4,7-8,16H,5-6,9-10H2/t16-/m0/s1. The van der Waals surface area contributed by atoms with Crippen LogP contribution in [0.1, 0.15) is 21.5 Å². The molecule has 0 aromatic heterocycles. The van der Waals surface area contributed by atoms with E-state index in [1.165, 1.54) is 0 Å². The topological polar surface area (TPSA) is 71.1 Å². The summed E-state index contributed by atoms with van der Waals surface area (Å²) in [7, 11) is 0. The molecular formula is C19H15ClO6. The predicted octanol–water partition coefficient (Wildman–Crippen LogP) is 2.94. The van der Waals surface area contributed by atoms with Gasteiger partial charge in [0, 0.05) is 6.42 Å². The Kier molecular flexibility index (Phi) is 4.42. The monoisotopic (exact) mass is 374 g/mol. The van der Waals surface area contributed by atoms with Crippen LogP contribution in [0.5, 0.6) is 11.5 Å². The number of rotatable bonds is 3. The van der Waals surface area contributed by atoms with Crippen LogP contribution in [0.2, 0.25) is 5.02 Å². The van der Waals surface area contributed by atoms with Gasteiger partial charge < -0.3 is 18.9 Å². The van der Waals surface area contributed by atoms with Crippen LogP contribution in [0.3, 0.4) is 0 Å². The molecular weight excluding hydrogens is 360 g/mol. The minimum Gasteiger partial charge on any atom is -0.486 e. The maximum Gasteiger partial charge on any atom is 0.348 e. The van der Waals surface area contributed by atoms with Crippen LogP contribution in [0.15, 0.2) is 36.4 Å². The Morgan fingerprint density at radius 1 is 1.19 bits per heavy atom. The van der Waals surface area contributed by atoms with E-state index in [4.69, 9.17) is 30.5 Å². The van der Waals surface area contributed by atoms with Crippen LogP contribution in [-0.2, 0) is 27.3 Å². The highest BCUT2D eigenvalue weighted by Gasteiger charge is 2.32. The molecule has 0 spiro atoms. The number of carbonyl (C=O) groups excluding carboxylic acids is 2. The van der Waals surface area contributed by atoms with E-state index in [1.54, 1.807) is 30.3 Å². The lowest BCUT2D eigenvalue weighted by Crippen LogP contribution is -2.35. The van der Waals surface area contributed by atoms with E-state index in [-0.39, 0.29) is 6.61 Å². The summed E-state index contributed by atoms with van der Waals surface area (Å²) in [4.78, 5) is 24.3. The highest BCUT2D eigenvalue weighted by atomic mass is 35.5. The van der Waals surface area contributed by atoms with Crippen molar-refractivity contribution < 1.29 is 28.5 Å². The SMILES string of the molecule is O=C1O[C@H](C(=O)OCc2cc(Cl)c3c(c2)OCCO3)Cc2ccccc21. The van der Waals surface area contributed by atoms with Crippen molar-refractivity contribution >= 4 is 23.5 Å². The van der Waals surface area contributed by atoms with Crippen molar-refractivity contribution in [3.63, 3.8) is 0 Å². The first-order valence-corrected chi connectivity index (χ1v) is 8.53. The number of halogens is 1. The first-order chi connectivity index (χ1) is 12.6. The van der Waals surface area contributed by atoms with Gasteiger partial charge in [-0.15, -0.1) is 0 Å². The zero-order valence-electron chi connectivity index (χ0n) is 13.7. The van der Waals surface area contributed by atoms with Crippen LogP contribution in [-0.4, -0.2) is 31.3 Å². The smallest absolute Gasteiger partial charge is 0.348 e. The predicted molar refractivity (Wildman–Crippen MR) is 91.6 cm³/mol. The normalized spacial score (nSPS) is 17.9. The van der Waals surface area contributed by atoms with E-state index in [1.807, 2.05) is 6.07 Å². The second-order valence-electron chi connectivity index (χ2n) is 5.96. The maximum absolute atomic E-state index is 12.3. The average molecular weight is 375 g/mol. The van der Waals surface area contributed by atoms with Crippen molar-refractivity contribution in [1.29, 1.82) is 0 Å². The van der Waals surface area contributed by atoms with Crippen molar-refractivity contribution in [3.8, 4) is 11.5 Å². The molecule has 26 heavy (non-hydrogen) atoms. The van der Waals surface area contributed by atoms with Crippen LogP contribution >= 0.6 is 11.6 Å². The third kappa shape index (κ3) is 3.20. The lowest BCUT2D eigenvalue weighted by molar-refractivity contribution is -0.155. The number of esters is 2. The molecule has 2 aliphatic rings. The summed E-state index contributed by atoms with van der Waals surface area (Å²) in [5.41, 5.74) is 1.92. The fraction of sp³-hybridized carbons (Fsp3) is 0.263. The van der Waals surface area contributed by atoms with Gasteiger partial charge in [0.25, 0.3) is 0 Å². The fourth-order valence-corrected chi connectivity index (χ4v) is 3.25. The van der Waals surface area contributed by atoms with Gasteiger partial charge >= 0.3 is 11.9 Å². The van der Waals surface area contributed by atoms with Crippen LogP contribution in [0.25, 0.3) is 0 Å². The van der Waals surface area contributed by atoms with Gasteiger partial charge in [0.05, 0.1) is 10.6 Å². The number of hydrogen-bond donors (Lipinski definition) is 0. The molecule has 1 atom stereocenters. The molecule has 2 aliphatic heterocycles. The zero-order valence-corrected chi connectivity index (χ0v) is 14.5. The molecule has 2 heterocycles. The average Bonchev–Trinajstić information content (AvgIpc) is 2.66. The minimum atomic E-state index is -0.954. The first kappa shape index (κ1) is 16.7. The van der Waals surface area contributed by atoms with Crippen LogP contribution < -0.4 is 9.47 Å². The van der Waals surface area contributed by atoms with Gasteiger partial charge in [-0.2, -0.15) is 0 Å². The molecule has 2 aromatic carbocycles. The third-order valence-corrected chi connectivity index (χ3v) is 4.47. The summed E-state index contributed by atoms with van der Waals surface area (Å²) in [6.07, 6.45) is -0.659. The lowest BCUT2D eigenvalue weighted by atomic mass is 9.99. The van der Waals surface area contributed by atoms with E-state index in [0.717, 1.165) is 5.56 Å². The maximum atomic E-state index is 12.3. The summed E-state index contributed by atoms with van der Waals surface area (Å²) in [5, 5.41) is 0.395. The van der Waals surface area contributed by atoms with Crippen molar-refractivity contribution in [2.45, 2.75) is 19.1 Å². The van der Waals surface area contributed by atoms with Gasteiger partial charge in [-0.05, 0) is 29.3 Å². The lowest BCUT2D eigenvalue weighted by Gasteiger charge is -2.23. The van der Waals surface area contributed by atoms with Crippen molar-refractivity contribution in [1.82, 2.24) is 0 Å². The molecule has 0 fully saturated rings. The van der Waals surface area contributed by atoms with Gasteiger partial charge in [0.1, 0.15) is 19.8 Å². The van der Waals surface area contributed by atoms with Crippen molar-refractivity contribution in [2.75, 3.05) is 13.2 Å². The number of carbonyl (C=O) groups is 2. The van der Waals surface area contributed by atoms with Gasteiger partial charge in [-0.25, -0.2) is 9.59 Å². The van der Waals surface area contributed by atoms with Gasteiger partial charge in [-0.3, -0.25) is 0 Å². The minimum absolute atomic E-state index is 0.00904. The second kappa shape index (κ2) is 6.88. The summed E-state index contributed by atoms with van der Waals surface area (Å²) in [6, 6.07) is 10.4. The third-order valence-electron chi connectivity index (χ3n) is 4.19. The number of ether oxygens (including phenoxy) is 4. The van der Waals surface area contributed by atoms with E-state index in [2.05, 4.69) is 0 Å². The van der Waals surface area contributed by atoms with Gasteiger partial charge in [0.2, 0.25) is 6.10 Å². The summed E-state index contributed by atoms with van der Waals surface area (Å²) >= 11 is 6.17. The molecule has 134 valence electrons. The Morgan fingerprint density at radius 2 is 2.00 bits per heavy atom. The number of hydrogen-bond acceptors (Lipinski definition) is 6. The molecule has 0 saturated heterocycles. The second-order valence-corrected chi connectivity index (χ2v) is 6.37. The molecule has 7 heteroatoms. The molecule has 6 nitrogen and oxygen atoms in total. The van der Waals surface area contributed by atoms with E-state index >= 15 is 0 Å². The molecule has 0 unspecified atom stereocenters. The molecule has 0 saturated carbocycles. The summed E-state index contributed by atoms with van der Waals surface area (Å²) < 4.78 is 21.5. The highest BCUT2D eigenvalue weighted by Crippen LogP contribution is 2.38. The molecule has 2 aromatic rings. The number of benzene rings is 2. The Hall–Kier alpha value is -2.73. The molecule has 0 radical (unpaired) electrons. The van der Waals surface area contributed by atoms with Crippen molar-refractivity contribution in [2.24, 2.45) is 0 Å². The highest BCUT2D eigenvalue weighted by molar-refractivity contribution is 6.32. The van der Waals surface area contributed by atoms with Crippen molar-refractivity contribution in [3.05, 3.63) is 58.1 Å².